The van der Waals surface area contributed by atoms with E-state index in [2.05, 4.69) is 0 Å². The molecule has 0 aliphatic heterocycles. The maximum absolute atomic E-state index is 12.0. The lowest BCUT2D eigenvalue weighted by Crippen LogP contribution is -2.35. The molecule has 6 nitrogen and oxygen atoms in total. The van der Waals surface area contributed by atoms with Crippen LogP contribution in [0, 0.1) is 0 Å². The molecule has 0 aromatic heterocycles. The van der Waals surface area contributed by atoms with Gasteiger partial charge in [-0.3, -0.25) is 4.79 Å². The monoisotopic (exact) mass is 239 g/mol. The van der Waals surface area contributed by atoms with Crippen LogP contribution in [0.2, 0.25) is 0 Å². The molecule has 0 heterocycles. The predicted molar refractivity (Wildman–Crippen MR) is 65.3 cm³/mol. The van der Waals surface area contributed by atoms with Crippen LogP contribution in [0.1, 0.15) is 10.4 Å². The Kier molecular flexibility index (Phi) is 4.74. The summed E-state index contributed by atoms with van der Waals surface area (Å²) in [4.78, 5) is 13.3. The molecular formula is C11H17N3O3. The van der Waals surface area contributed by atoms with Crippen LogP contribution in [-0.4, -0.2) is 47.3 Å². The van der Waals surface area contributed by atoms with Gasteiger partial charge in [-0.15, -0.1) is 0 Å². The van der Waals surface area contributed by atoms with Crippen LogP contribution in [0.15, 0.2) is 18.2 Å². The molecule has 0 bridgehead atoms. The van der Waals surface area contributed by atoms with Crippen molar-refractivity contribution in [3.8, 4) is 0 Å². The second-order valence-corrected chi connectivity index (χ2v) is 3.58. The van der Waals surface area contributed by atoms with Gasteiger partial charge >= 0.3 is 0 Å². The van der Waals surface area contributed by atoms with E-state index >= 15 is 0 Å². The number of carbonyl (C=O) groups excluding carboxylic acids is 1. The van der Waals surface area contributed by atoms with Crippen LogP contribution in [-0.2, 0) is 0 Å². The third kappa shape index (κ3) is 3.33. The molecule has 1 aromatic carbocycles. The van der Waals surface area contributed by atoms with E-state index in [1.165, 1.54) is 11.0 Å². The van der Waals surface area contributed by atoms with E-state index in [4.69, 9.17) is 21.7 Å². The highest BCUT2D eigenvalue weighted by Gasteiger charge is 2.15. The molecule has 94 valence electrons. The van der Waals surface area contributed by atoms with Crippen LogP contribution in [0.3, 0.4) is 0 Å². The highest BCUT2D eigenvalue weighted by atomic mass is 16.3. The summed E-state index contributed by atoms with van der Waals surface area (Å²) >= 11 is 0. The maximum Gasteiger partial charge on any atom is 0.254 e. The average Bonchev–Trinajstić information content (AvgIpc) is 2.31. The molecule has 1 amide bonds. The van der Waals surface area contributed by atoms with Crippen LogP contribution in [0.4, 0.5) is 11.4 Å². The molecule has 6 heteroatoms. The number of nitrogen functional groups attached to an aromatic ring is 2. The normalized spacial score (nSPS) is 10.2. The lowest BCUT2D eigenvalue weighted by Gasteiger charge is -2.20. The van der Waals surface area contributed by atoms with Crippen molar-refractivity contribution in [3.05, 3.63) is 23.8 Å². The molecule has 0 atom stereocenters. The SMILES string of the molecule is Nc1ccc(C(=O)N(CCO)CCO)cc1N. The number of nitrogens with two attached hydrogens (primary N) is 2. The van der Waals surface area contributed by atoms with E-state index in [0.29, 0.717) is 16.9 Å². The molecule has 0 fully saturated rings. The van der Waals surface area contributed by atoms with Gasteiger partial charge in [-0.1, -0.05) is 0 Å². The second-order valence-electron chi connectivity index (χ2n) is 3.58. The maximum atomic E-state index is 12.0. The first-order valence-corrected chi connectivity index (χ1v) is 5.26. The minimum absolute atomic E-state index is 0.157. The molecule has 0 spiro atoms. The van der Waals surface area contributed by atoms with Crippen molar-refractivity contribution in [2.24, 2.45) is 0 Å². The first kappa shape index (κ1) is 13.3. The number of benzene rings is 1. The van der Waals surface area contributed by atoms with Crippen molar-refractivity contribution in [3.63, 3.8) is 0 Å². The zero-order valence-corrected chi connectivity index (χ0v) is 9.47. The van der Waals surface area contributed by atoms with Gasteiger partial charge in [0, 0.05) is 18.7 Å². The summed E-state index contributed by atoms with van der Waals surface area (Å²) in [6.07, 6.45) is 0. The average molecular weight is 239 g/mol. The zero-order chi connectivity index (χ0) is 12.8. The molecule has 0 saturated carbocycles. The Morgan fingerprint density at radius 3 is 2.18 bits per heavy atom. The second kappa shape index (κ2) is 6.07. The van der Waals surface area contributed by atoms with Gasteiger partial charge in [0.15, 0.2) is 0 Å². The Morgan fingerprint density at radius 2 is 1.71 bits per heavy atom. The number of aliphatic hydroxyl groups is 2. The lowest BCUT2D eigenvalue weighted by molar-refractivity contribution is 0.0685. The van der Waals surface area contributed by atoms with E-state index in [0.717, 1.165) is 0 Å². The minimum atomic E-state index is -0.292. The molecule has 0 saturated heterocycles. The summed E-state index contributed by atoms with van der Waals surface area (Å²) in [7, 11) is 0. The van der Waals surface area contributed by atoms with E-state index in [1.54, 1.807) is 12.1 Å². The number of rotatable bonds is 5. The molecule has 6 N–H and O–H groups in total. The fourth-order valence-corrected chi connectivity index (χ4v) is 1.45. The molecule has 0 aliphatic rings. The highest BCUT2D eigenvalue weighted by molar-refractivity contribution is 5.96. The molecule has 17 heavy (non-hydrogen) atoms. The van der Waals surface area contributed by atoms with E-state index in [1.807, 2.05) is 0 Å². The van der Waals surface area contributed by atoms with Gasteiger partial charge in [0.1, 0.15) is 0 Å². The first-order chi connectivity index (χ1) is 8.10. The van der Waals surface area contributed by atoms with Crippen LogP contribution < -0.4 is 11.5 Å². The van der Waals surface area contributed by atoms with Gasteiger partial charge < -0.3 is 26.6 Å². The third-order valence-electron chi connectivity index (χ3n) is 2.36. The molecule has 1 rings (SSSR count). The lowest BCUT2D eigenvalue weighted by atomic mass is 10.1. The van der Waals surface area contributed by atoms with Crippen molar-refractivity contribution in [2.75, 3.05) is 37.8 Å². The Labute approximate surface area is 99.4 Å². The quantitative estimate of drug-likeness (QED) is 0.506. The Bertz CT molecular complexity index is 390. The predicted octanol–water partition coefficient (Wildman–Crippen LogP) is -0.722. The van der Waals surface area contributed by atoms with Crippen molar-refractivity contribution in [1.82, 2.24) is 4.90 Å². The summed E-state index contributed by atoms with van der Waals surface area (Å²) in [6, 6.07) is 4.60. The smallest absolute Gasteiger partial charge is 0.254 e. The van der Waals surface area contributed by atoms with Crippen LogP contribution >= 0.6 is 0 Å². The standard InChI is InChI=1S/C11H17N3O3/c12-9-2-1-8(7-10(9)13)11(17)14(3-5-15)4-6-16/h1-2,7,15-16H,3-6,12-13H2. The van der Waals surface area contributed by atoms with Crippen molar-refractivity contribution in [1.29, 1.82) is 0 Å². The number of anilines is 2. The zero-order valence-electron chi connectivity index (χ0n) is 9.47. The number of amides is 1. The van der Waals surface area contributed by atoms with Crippen LogP contribution in [0.5, 0.6) is 0 Å². The van der Waals surface area contributed by atoms with E-state index in [-0.39, 0.29) is 32.2 Å². The summed E-state index contributed by atoms with van der Waals surface area (Å²) in [5.74, 6) is -0.292. The molecule has 0 aliphatic carbocycles. The van der Waals surface area contributed by atoms with Gasteiger partial charge in [0.25, 0.3) is 5.91 Å². The first-order valence-electron chi connectivity index (χ1n) is 5.26. The Balaban J connectivity index is 2.88. The number of carbonyl (C=O) groups is 1. The summed E-state index contributed by atoms with van der Waals surface area (Å²) < 4.78 is 0. The van der Waals surface area contributed by atoms with Crippen molar-refractivity contribution >= 4 is 17.3 Å². The molecular weight excluding hydrogens is 222 g/mol. The Morgan fingerprint density at radius 1 is 1.12 bits per heavy atom. The number of nitrogens with zero attached hydrogens (tertiary/aromatic N) is 1. The van der Waals surface area contributed by atoms with Gasteiger partial charge in [0.2, 0.25) is 0 Å². The third-order valence-corrected chi connectivity index (χ3v) is 2.36. The Hall–Kier alpha value is -1.79. The molecule has 0 unspecified atom stereocenters. The number of aliphatic hydroxyl groups excluding tert-OH is 2. The number of hydrogen-bond donors (Lipinski definition) is 4. The molecule has 0 radical (unpaired) electrons. The van der Waals surface area contributed by atoms with Gasteiger partial charge in [-0.2, -0.15) is 0 Å². The van der Waals surface area contributed by atoms with Gasteiger partial charge in [-0.25, -0.2) is 0 Å². The summed E-state index contributed by atoms with van der Waals surface area (Å²) in [5, 5.41) is 17.7. The summed E-state index contributed by atoms with van der Waals surface area (Å²) in [5.41, 5.74) is 12.3. The minimum Gasteiger partial charge on any atom is -0.397 e. The summed E-state index contributed by atoms with van der Waals surface area (Å²) in [6.45, 7) is 0.0275. The van der Waals surface area contributed by atoms with Gasteiger partial charge in [-0.05, 0) is 18.2 Å². The van der Waals surface area contributed by atoms with E-state index in [9.17, 15) is 4.79 Å². The van der Waals surface area contributed by atoms with Crippen molar-refractivity contribution in [2.45, 2.75) is 0 Å². The largest absolute Gasteiger partial charge is 0.397 e. The highest BCUT2D eigenvalue weighted by Crippen LogP contribution is 2.17. The fourth-order valence-electron chi connectivity index (χ4n) is 1.45. The van der Waals surface area contributed by atoms with Crippen LogP contribution in [0.25, 0.3) is 0 Å². The van der Waals surface area contributed by atoms with E-state index < -0.39 is 0 Å². The number of hydrogen-bond acceptors (Lipinski definition) is 5. The topological polar surface area (TPSA) is 113 Å². The molecule has 1 aromatic rings. The fraction of sp³-hybridized carbons (Fsp3) is 0.364. The van der Waals surface area contributed by atoms with Crippen molar-refractivity contribution < 1.29 is 15.0 Å². The van der Waals surface area contributed by atoms with Gasteiger partial charge in [0.05, 0.1) is 24.6 Å².